The van der Waals surface area contributed by atoms with E-state index in [1.807, 2.05) is 0 Å². The Morgan fingerprint density at radius 2 is 1.74 bits per heavy atom. The zero-order valence-electron chi connectivity index (χ0n) is 18.0. The lowest BCUT2D eigenvalue weighted by Crippen LogP contribution is -2.07. The molecule has 0 aliphatic carbocycles. The van der Waals surface area contributed by atoms with Crippen LogP contribution in [0.1, 0.15) is 16.7 Å². The summed E-state index contributed by atoms with van der Waals surface area (Å²) in [5.74, 6) is 0.609. The Balaban J connectivity index is 1.81. The van der Waals surface area contributed by atoms with Crippen molar-refractivity contribution in [3.63, 3.8) is 0 Å². The quantitative estimate of drug-likeness (QED) is 0.236. The summed E-state index contributed by atoms with van der Waals surface area (Å²) in [7, 11) is 1.42. The van der Waals surface area contributed by atoms with Crippen LogP contribution >= 0.6 is 0 Å². The van der Waals surface area contributed by atoms with Crippen molar-refractivity contribution < 1.29 is 32.5 Å². The third-order valence-electron chi connectivity index (χ3n) is 4.67. The molecule has 35 heavy (non-hydrogen) atoms. The first kappa shape index (κ1) is 25.0. The highest BCUT2D eigenvalue weighted by atomic mass is 19.4. The van der Waals surface area contributed by atoms with E-state index < -0.39 is 27.3 Å². The molecule has 0 aromatic heterocycles. The predicted octanol–water partition coefficient (Wildman–Crippen LogP) is 5.56. The number of nitro groups is 2. The molecule has 0 bridgehead atoms. The van der Waals surface area contributed by atoms with E-state index in [1.165, 1.54) is 37.6 Å². The van der Waals surface area contributed by atoms with E-state index in [4.69, 9.17) is 9.47 Å². The topological polar surface area (TPSA) is 129 Å². The van der Waals surface area contributed by atoms with E-state index in [-0.39, 0.29) is 23.7 Å². The molecule has 0 saturated heterocycles. The third-order valence-corrected chi connectivity index (χ3v) is 4.67. The van der Waals surface area contributed by atoms with Gasteiger partial charge in [0.2, 0.25) is 0 Å². The van der Waals surface area contributed by atoms with Crippen LogP contribution in [0.15, 0.2) is 65.8 Å². The number of benzene rings is 3. The molecule has 0 atom stereocenters. The number of rotatable bonds is 9. The molecule has 0 aliphatic heterocycles. The summed E-state index contributed by atoms with van der Waals surface area (Å²) in [6.07, 6.45) is -3.47. The van der Waals surface area contributed by atoms with E-state index in [0.29, 0.717) is 29.0 Å². The number of nitrogens with zero attached hydrogens (tertiary/aromatic N) is 3. The highest BCUT2D eigenvalue weighted by Gasteiger charge is 2.33. The van der Waals surface area contributed by atoms with Crippen molar-refractivity contribution in [2.24, 2.45) is 5.10 Å². The summed E-state index contributed by atoms with van der Waals surface area (Å²) in [6, 6.07) is 12.6. The highest BCUT2D eigenvalue weighted by molar-refractivity contribution is 5.85. The van der Waals surface area contributed by atoms with Crippen molar-refractivity contribution in [3.8, 4) is 11.5 Å². The van der Waals surface area contributed by atoms with Crippen LogP contribution in [0.4, 0.5) is 30.2 Å². The molecule has 0 spiro atoms. The Hall–Kier alpha value is -4.68. The zero-order chi connectivity index (χ0) is 25.6. The van der Waals surface area contributed by atoms with Gasteiger partial charge in [0.15, 0.2) is 11.5 Å². The van der Waals surface area contributed by atoms with Gasteiger partial charge >= 0.3 is 6.18 Å². The maximum Gasteiger partial charge on any atom is 0.416 e. The van der Waals surface area contributed by atoms with Gasteiger partial charge in [0.25, 0.3) is 11.4 Å². The number of methoxy groups -OCH3 is 1. The van der Waals surface area contributed by atoms with E-state index in [1.54, 1.807) is 18.2 Å². The summed E-state index contributed by atoms with van der Waals surface area (Å²) < 4.78 is 49.7. The standard InChI is InChI=1S/C22H17F3N4O6/c1-34-20-4-2-3-15(21(20)35-13-14-5-8-17(9-6-14)28(30)31)12-26-27-18-10-7-16(22(23,24)25)11-19(18)29(32)33/h2-12,27H,13H2,1H3/b26-12+. The lowest BCUT2D eigenvalue weighted by molar-refractivity contribution is -0.384. The lowest BCUT2D eigenvalue weighted by atomic mass is 10.1. The second-order valence-electron chi connectivity index (χ2n) is 6.95. The number of anilines is 1. The van der Waals surface area contributed by atoms with E-state index >= 15 is 0 Å². The monoisotopic (exact) mass is 490 g/mol. The predicted molar refractivity (Wildman–Crippen MR) is 120 cm³/mol. The minimum Gasteiger partial charge on any atom is -0.493 e. The SMILES string of the molecule is COc1cccc(/C=N/Nc2ccc(C(F)(F)F)cc2[N+](=O)[O-])c1OCc1ccc([N+](=O)[O-])cc1. The molecule has 10 nitrogen and oxygen atoms in total. The van der Waals surface area contributed by atoms with Crippen LogP contribution in [-0.2, 0) is 12.8 Å². The van der Waals surface area contributed by atoms with Crippen molar-refractivity contribution in [2.75, 3.05) is 12.5 Å². The largest absolute Gasteiger partial charge is 0.493 e. The van der Waals surface area contributed by atoms with Gasteiger partial charge < -0.3 is 9.47 Å². The number of ether oxygens (including phenoxy) is 2. The first-order chi connectivity index (χ1) is 16.6. The van der Waals surface area contributed by atoms with Gasteiger partial charge in [0.05, 0.1) is 28.7 Å². The minimum absolute atomic E-state index is 0.0387. The van der Waals surface area contributed by atoms with E-state index in [2.05, 4.69) is 10.5 Å². The molecule has 182 valence electrons. The van der Waals surface area contributed by atoms with Crippen molar-refractivity contribution in [1.82, 2.24) is 0 Å². The Kier molecular flexibility index (Phi) is 7.49. The maximum absolute atomic E-state index is 12.9. The molecular weight excluding hydrogens is 473 g/mol. The molecule has 0 fully saturated rings. The molecule has 1 N–H and O–H groups in total. The Bertz CT molecular complexity index is 1260. The Morgan fingerprint density at radius 1 is 1.03 bits per heavy atom. The molecule has 13 heteroatoms. The molecule has 0 radical (unpaired) electrons. The smallest absolute Gasteiger partial charge is 0.416 e. The van der Waals surface area contributed by atoms with Crippen molar-refractivity contribution in [3.05, 3.63) is 97.6 Å². The number of hydrogen-bond donors (Lipinski definition) is 1. The third kappa shape index (κ3) is 6.22. The van der Waals surface area contributed by atoms with Crippen LogP contribution in [0.25, 0.3) is 0 Å². The second-order valence-corrected chi connectivity index (χ2v) is 6.95. The average Bonchev–Trinajstić information content (AvgIpc) is 2.82. The Labute approximate surface area is 195 Å². The number of alkyl halides is 3. The lowest BCUT2D eigenvalue weighted by Gasteiger charge is -2.13. The number of nitrogens with one attached hydrogen (secondary N) is 1. The normalized spacial score (nSPS) is 11.3. The van der Waals surface area contributed by atoms with Gasteiger partial charge in [-0.3, -0.25) is 25.7 Å². The summed E-state index contributed by atoms with van der Waals surface area (Å²) in [6.45, 7) is 0.0387. The van der Waals surface area contributed by atoms with Gasteiger partial charge in [0, 0.05) is 23.8 Å². The van der Waals surface area contributed by atoms with Crippen LogP contribution in [0.2, 0.25) is 0 Å². The summed E-state index contributed by atoms with van der Waals surface area (Å²) in [5, 5.41) is 25.9. The van der Waals surface area contributed by atoms with E-state index in [0.717, 1.165) is 6.07 Å². The molecule has 3 aromatic carbocycles. The zero-order valence-corrected chi connectivity index (χ0v) is 18.0. The summed E-state index contributed by atoms with van der Waals surface area (Å²) >= 11 is 0. The fraction of sp³-hybridized carbons (Fsp3) is 0.136. The number of halogens is 3. The van der Waals surface area contributed by atoms with Gasteiger partial charge in [0.1, 0.15) is 12.3 Å². The fourth-order valence-corrected chi connectivity index (χ4v) is 2.94. The van der Waals surface area contributed by atoms with Gasteiger partial charge in [-0.15, -0.1) is 0 Å². The molecule has 0 aliphatic rings. The molecule has 3 rings (SSSR count). The van der Waals surface area contributed by atoms with Crippen LogP contribution in [0.5, 0.6) is 11.5 Å². The molecule has 0 unspecified atom stereocenters. The maximum atomic E-state index is 12.9. The van der Waals surface area contributed by atoms with Crippen LogP contribution in [0, 0.1) is 20.2 Å². The van der Waals surface area contributed by atoms with Gasteiger partial charge in [-0.25, -0.2) is 0 Å². The van der Waals surface area contributed by atoms with Crippen molar-refractivity contribution in [1.29, 1.82) is 0 Å². The summed E-state index contributed by atoms with van der Waals surface area (Å²) in [4.78, 5) is 20.5. The molecule has 0 saturated carbocycles. The van der Waals surface area contributed by atoms with Crippen molar-refractivity contribution >= 4 is 23.3 Å². The number of non-ortho nitro benzene ring substituents is 1. The summed E-state index contributed by atoms with van der Waals surface area (Å²) in [5.41, 5.74) is 1.15. The number of hydrogen-bond acceptors (Lipinski definition) is 8. The van der Waals surface area contributed by atoms with Crippen molar-refractivity contribution in [2.45, 2.75) is 12.8 Å². The number of hydrazone groups is 1. The first-order valence-electron chi connectivity index (χ1n) is 9.78. The van der Waals surface area contributed by atoms with Gasteiger partial charge in [-0.05, 0) is 42.0 Å². The Morgan fingerprint density at radius 3 is 2.34 bits per heavy atom. The number of nitro benzene ring substituents is 2. The van der Waals surface area contributed by atoms with Gasteiger partial charge in [-0.1, -0.05) is 6.07 Å². The van der Waals surface area contributed by atoms with Crippen LogP contribution < -0.4 is 14.9 Å². The highest BCUT2D eigenvalue weighted by Crippen LogP contribution is 2.35. The van der Waals surface area contributed by atoms with E-state index in [9.17, 15) is 33.4 Å². The average molecular weight is 490 g/mol. The molecular formula is C22H17F3N4O6. The molecule has 3 aromatic rings. The fourth-order valence-electron chi connectivity index (χ4n) is 2.94. The number of para-hydroxylation sites is 1. The van der Waals surface area contributed by atoms with Crippen LogP contribution in [-0.4, -0.2) is 23.2 Å². The minimum atomic E-state index is -4.73. The van der Waals surface area contributed by atoms with Crippen LogP contribution in [0.3, 0.4) is 0 Å². The molecule has 0 heterocycles. The first-order valence-corrected chi connectivity index (χ1v) is 9.78. The second kappa shape index (κ2) is 10.5. The van der Waals surface area contributed by atoms with Gasteiger partial charge in [-0.2, -0.15) is 18.3 Å². The molecule has 0 amide bonds.